The zero-order chi connectivity index (χ0) is 10.2. The highest BCUT2D eigenvalue weighted by atomic mass is 15.1. The van der Waals surface area contributed by atoms with E-state index >= 15 is 0 Å². The Bertz CT molecular complexity index is 312. The molecule has 0 aromatic heterocycles. The molecule has 0 aliphatic heterocycles. The molecule has 0 saturated carbocycles. The number of benzene rings is 1. The van der Waals surface area contributed by atoms with Crippen LogP contribution in [-0.4, -0.2) is 7.05 Å². The molecule has 0 saturated heterocycles. The van der Waals surface area contributed by atoms with Crippen molar-refractivity contribution < 1.29 is 0 Å². The molecule has 0 spiro atoms. The minimum absolute atomic E-state index is 0.956. The second kappa shape index (κ2) is 6.08. The Balaban J connectivity index is 2.48. The van der Waals surface area contributed by atoms with E-state index in [-0.39, 0.29) is 0 Å². The molecule has 2 nitrogen and oxygen atoms in total. The SMILES string of the molecule is C/C=C(CCc1ccccc1)\N=N/C. The van der Waals surface area contributed by atoms with Crippen LogP contribution in [-0.2, 0) is 6.42 Å². The summed E-state index contributed by atoms with van der Waals surface area (Å²) in [6.07, 6.45) is 3.99. The van der Waals surface area contributed by atoms with Crippen molar-refractivity contribution in [1.82, 2.24) is 0 Å². The summed E-state index contributed by atoms with van der Waals surface area (Å²) in [6, 6.07) is 10.4. The number of nitrogens with zero attached hydrogens (tertiary/aromatic N) is 2. The maximum Gasteiger partial charge on any atom is 0.0586 e. The monoisotopic (exact) mass is 188 g/mol. The van der Waals surface area contributed by atoms with Crippen LogP contribution in [0.15, 0.2) is 52.3 Å². The summed E-state index contributed by atoms with van der Waals surface area (Å²) in [7, 11) is 1.70. The molecule has 1 aromatic rings. The number of hydrogen-bond donors (Lipinski definition) is 0. The van der Waals surface area contributed by atoms with Gasteiger partial charge < -0.3 is 0 Å². The summed E-state index contributed by atoms with van der Waals surface area (Å²) in [5.41, 5.74) is 2.40. The average Bonchev–Trinajstić information content (AvgIpc) is 2.25. The lowest BCUT2D eigenvalue weighted by atomic mass is 10.1. The Kier molecular flexibility index (Phi) is 4.62. The van der Waals surface area contributed by atoms with Gasteiger partial charge in [-0.05, 0) is 25.3 Å². The van der Waals surface area contributed by atoms with Crippen molar-refractivity contribution in [2.75, 3.05) is 7.05 Å². The van der Waals surface area contributed by atoms with E-state index in [2.05, 4.69) is 34.5 Å². The third-order valence-electron chi connectivity index (χ3n) is 2.07. The standard InChI is InChI=1S/C12H16N2/c1-3-12(14-13-2)10-9-11-7-5-4-6-8-11/h3-8H,9-10H2,1-2H3/b12-3-,14-13-. The van der Waals surface area contributed by atoms with E-state index in [0.717, 1.165) is 18.5 Å². The molecule has 0 amide bonds. The molecule has 2 heteroatoms. The van der Waals surface area contributed by atoms with Crippen molar-refractivity contribution in [1.29, 1.82) is 0 Å². The summed E-state index contributed by atoms with van der Waals surface area (Å²) in [4.78, 5) is 0. The lowest BCUT2D eigenvalue weighted by molar-refractivity contribution is 0.888. The molecule has 0 bridgehead atoms. The summed E-state index contributed by atoms with van der Waals surface area (Å²) >= 11 is 0. The van der Waals surface area contributed by atoms with Gasteiger partial charge in [-0.3, -0.25) is 0 Å². The Hall–Kier alpha value is -1.44. The molecule has 1 rings (SSSR count). The third kappa shape index (κ3) is 3.52. The van der Waals surface area contributed by atoms with Crippen molar-refractivity contribution in [3.05, 3.63) is 47.7 Å². The highest BCUT2D eigenvalue weighted by Crippen LogP contribution is 2.10. The summed E-state index contributed by atoms with van der Waals surface area (Å²) in [5.74, 6) is 0. The van der Waals surface area contributed by atoms with Gasteiger partial charge in [0.15, 0.2) is 0 Å². The van der Waals surface area contributed by atoms with Gasteiger partial charge in [-0.2, -0.15) is 10.2 Å². The van der Waals surface area contributed by atoms with Gasteiger partial charge in [0.25, 0.3) is 0 Å². The molecule has 1 aromatic carbocycles. The molecule has 0 N–H and O–H groups in total. The van der Waals surface area contributed by atoms with Gasteiger partial charge in [0.2, 0.25) is 0 Å². The second-order valence-corrected chi connectivity index (χ2v) is 3.07. The lowest BCUT2D eigenvalue weighted by Crippen LogP contribution is -1.86. The van der Waals surface area contributed by atoms with Gasteiger partial charge in [-0.15, -0.1) is 0 Å². The predicted octanol–water partition coefficient (Wildman–Crippen LogP) is 3.61. The lowest BCUT2D eigenvalue weighted by Gasteiger charge is -2.00. The van der Waals surface area contributed by atoms with E-state index in [1.54, 1.807) is 7.05 Å². The molecule has 0 fully saturated rings. The summed E-state index contributed by atoms with van der Waals surface area (Å²) < 4.78 is 0. The fourth-order valence-electron chi connectivity index (χ4n) is 1.30. The van der Waals surface area contributed by atoms with E-state index in [4.69, 9.17) is 0 Å². The van der Waals surface area contributed by atoms with Crippen LogP contribution in [0.4, 0.5) is 0 Å². The minimum Gasteiger partial charge on any atom is -0.192 e. The molecular formula is C12H16N2. The van der Waals surface area contributed by atoms with E-state index in [0.29, 0.717) is 0 Å². The Labute approximate surface area is 85.4 Å². The zero-order valence-corrected chi connectivity index (χ0v) is 8.77. The first-order valence-corrected chi connectivity index (χ1v) is 4.85. The normalized spacial score (nSPS) is 12.3. The van der Waals surface area contributed by atoms with Crippen LogP contribution < -0.4 is 0 Å². The van der Waals surface area contributed by atoms with Crippen LogP contribution >= 0.6 is 0 Å². The fourth-order valence-corrected chi connectivity index (χ4v) is 1.30. The quantitative estimate of drug-likeness (QED) is 0.645. The minimum atomic E-state index is 0.956. The summed E-state index contributed by atoms with van der Waals surface area (Å²) in [5, 5.41) is 7.82. The Morgan fingerprint density at radius 1 is 1.29 bits per heavy atom. The van der Waals surface area contributed by atoms with Crippen molar-refractivity contribution >= 4 is 0 Å². The van der Waals surface area contributed by atoms with Crippen LogP contribution in [0.5, 0.6) is 0 Å². The van der Waals surface area contributed by atoms with Gasteiger partial charge in [-0.25, -0.2) is 0 Å². The van der Waals surface area contributed by atoms with E-state index < -0.39 is 0 Å². The van der Waals surface area contributed by atoms with Gasteiger partial charge in [0.1, 0.15) is 0 Å². The molecule has 74 valence electrons. The number of aryl methyl sites for hydroxylation is 1. The Morgan fingerprint density at radius 2 is 2.00 bits per heavy atom. The zero-order valence-electron chi connectivity index (χ0n) is 8.77. The van der Waals surface area contributed by atoms with Crippen LogP contribution in [0.2, 0.25) is 0 Å². The highest BCUT2D eigenvalue weighted by molar-refractivity contribution is 5.16. The van der Waals surface area contributed by atoms with Crippen LogP contribution in [0.1, 0.15) is 18.9 Å². The van der Waals surface area contributed by atoms with Crippen LogP contribution in [0.3, 0.4) is 0 Å². The fraction of sp³-hybridized carbons (Fsp3) is 0.333. The predicted molar refractivity (Wildman–Crippen MR) is 59.3 cm³/mol. The van der Waals surface area contributed by atoms with E-state index in [9.17, 15) is 0 Å². The molecule has 0 unspecified atom stereocenters. The van der Waals surface area contributed by atoms with Gasteiger partial charge in [0, 0.05) is 7.05 Å². The average molecular weight is 188 g/mol. The van der Waals surface area contributed by atoms with Crippen molar-refractivity contribution in [3.8, 4) is 0 Å². The molecule has 0 aliphatic rings. The summed E-state index contributed by atoms with van der Waals surface area (Å²) in [6.45, 7) is 2.00. The maximum absolute atomic E-state index is 4.04. The molecule has 0 heterocycles. The third-order valence-corrected chi connectivity index (χ3v) is 2.07. The number of hydrogen-bond acceptors (Lipinski definition) is 2. The number of allylic oxidation sites excluding steroid dienone is 2. The molecule has 0 atom stereocenters. The van der Waals surface area contributed by atoms with Crippen molar-refractivity contribution in [2.24, 2.45) is 10.2 Å². The maximum atomic E-state index is 4.04. The number of rotatable bonds is 4. The van der Waals surface area contributed by atoms with Crippen molar-refractivity contribution in [3.63, 3.8) is 0 Å². The first-order chi connectivity index (χ1) is 6.86. The van der Waals surface area contributed by atoms with Crippen molar-refractivity contribution in [2.45, 2.75) is 19.8 Å². The first kappa shape index (κ1) is 10.6. The van der Waals surface area contributed by atoms with Crippen LogP contribution in [0, 0.1) is 0 Å². The van der Waals surface area contributed by atoms with E-state index in [1.165, 1.54) is 5.56 Å². The van der Waals surface area contributed by atoms with Crippen LogP contribution in [0.25, 0.3) is 0 Å². The molecule has 0 aliphatic carbocycles. The number of azo groups is 1. The smallest absolute Gasteiger partial charge is 0.0586 e. The van der Waals surface area contributed by atoms with Gasteiger partial charge in [-0.1, -0.05) is 36.4 Å². The molecule has 0 radical (unpaired) electrons. The van der Waals surface area contributed by atoms with Gasteiger partial charge in [0.05, 0.1) is 5.70 Å². The topological polar surface area (TPSA) is 24.7 Å². The Morgan fingerprint density at radius 3 is 2.57 bits per heavy atom. The van der Waals surface area contributed by atoms with E-state index in [1.807, 2.05) is 19.1 Å². The van der Waals surface area contributed by atoms with Gasteiger partial charge >= 0.3 is 0 Å². The highest BCUT2D eigenvalue weighted by Gasteiger charge is 1.95. The molecular weight excluding hydrogens is 172 g/mol. The molecule has 14 heavy (non-hydrogen) atoms. The first-order valence-electron chi connectivity index (χ1n) is 4.85. The largest absolute Gasteiger partial charge is 0.192 e. The second-order valence-electron chi connectivity index (χ2n) is 3.07.